The number of methoxy groups -OCH3 is 1. The van der Waals surface area contributed by atoms with E-state index < -0.39 is 52.5 Å². The Labute approximate surface area is 245 Å². The normalized spacial score (nSPS) is 20.8. The molecule has 0 spiro atoms. The van der Waals surface area contributed by atoms with Gasteiger partial charge in [0.05, 0.1) is 19.3 Å². The van der Waals surface area contributed by atoms with E-state index in [9.17, 15) is 14.4 Å². The van der Waals surface area contributed by atoms with Crippen LogP contribution in [0.25, 0.3) is 0 Å². The van der Waals surface area contributed by atoms with Gasteiger partial charge in [-0.05, 0) is 69.4 Å². The lowest BCUT2D eigenvalue weighted by molar-refractivity contribution is -0.154. The summed E-state index contributed by atoms with van der Waals surface area (Å²) in [5.41, 5.74) is -0.708. The lowest BCUT2D eigenvalue weighted by atomic mass is 10.0. The number of alkyl carbamates (subject to hydrolysis) is 1. The summed E-state index contributed by atoms with van der Waals surface area (Å²) in [5, 5.41) is 2.59. The molecule has 11 heteroatoms. The third-order valence-electron chi connectivity index (χ3n) is 8.47. The second-order valence-electron chi connectivity index (χ2n) is 15.5. The third kappa shape index (κ3) is 9.56. The Morgan fingerprint density at radius 1 is 0.875 bits per heavy atom. The maximum absolute atomic E-state index is 14.2. The lowest BCUT2D eigenvalue weighted by Gasteiger charge is -2.41. The molecular weight excluding hydrogens is 544 g/mol. The number of nitrogens with zero attached hydrogens (tertiary/aromatic N) is 1. The van der Waals surface area contributed by atoms with Crippen molar-refractivity contribution in [2.45, 2.75) is 149 Å². The molecule has 0 radical (unpaired) electrons. The Morgan fingerprint density at radius 3 is 1.77 bits per heavy atom. The fourth-order valence-electron chi connectivity index (χ4n) is 4.07. The quantitative estimate of drug-likeness (QED) is 0.252. The predicted molar refractivity (Wildman–Crippen MR) is 164 cm³/mol. The number of esters is 1. The lowest BCUT2D eigenvalue weighted by Crippen LogP contribution is -2.58. The Kier molecular flexibility index (Phi) is 11.7. The van der Waals surface area contributed by atoms with E-state index in [0.717, 1.165) is 0 Å². The van der Waals surface area contributed by atoms with Crippen molar-refractivity contribution in [3.05, 3.63) is 0 Å². The fraction of sp³-hybridized carbons (Fsp3) is 0.897. The van der Waals surface area contributed by atoms with Gasteiger partial charge in [0.25, 0.3) is 0 Å². The van der Waals surface area contributed by atoms with Crippen LogP contribution in [0.4, 0.5) is 4.79 Å². The number of carbonyl (C=O) groups excluding carboxylic acids is 3. The van der Waals surface area contributed by atoms with E-state index in [1.54, 1.807) is 25.7 Å². The average Bonchev–Trinajstić information content (AvgIpc) is 3.14. The van der Waals surface area contributed by atoms with E-state index in [4.69, 9.17) is 18.3 Å². The van der Waals surface area contributed by atoms with E-state index in [0.29, 0.717) is 13.0 Å². The van der Waals surface area contributed by atoms with Crippen molar-refractivity contribution in [3.8, 4) is 0 Å². The number of hydrogen-bond acceptors (Lipinski definition) is 7. The molecule has 40 heavy (non-hydrogen) atoms. The number of carbonyl (C=O) groups is 3. The summed E-state index contributed by atoms with van der Waals surface area (Å²) in [4.78, 5) is 41.9. The van der Waals surface area contributed by atoms with Crippen LogP contribution in [0.2, 0.25) is 36.3 Å². The molecule has 1 fully saturated rings. The minimum Gasteiger partial charge on any atom is -0.467 e. The molecular formula is C29H58N2O7Si2. The van der Waals surface area contributed by atoms with E-state index in [-0.39, 0.29) is 28.0 Å². The average molecular weight is 603 g/mol. The van der Waals surface area contributed by atoms with Crippen LogP contribution in [0.5, 0.6) is 0 Å². The standard InChI is InChI=1S/C29H58N2O7Si2/c1-19(2)22(30-26(34)36-27(3,4)5)24(32)31-18-20(37-39(13,14)28(6,7)8)17-21(31)23(25(33)35-12)38-40(15,16)29(9,10)11/h19-23H,17-18H2,1-16H3,(H,30,34)/t20-,21+,22+,23+/m1/s1. The summed E-state index contributed by atoms with van der Waals surface area (Å²) >= 11 is 0. The van der Waals surface area contributed by atoms with Gasteiger partial charge in [0, 0.05) is 6.54 Å². The second-order valence-corrected chi connectivity index (χ2v) is 25.0. The topological polar surface area (TPSA) is 103 Å². The number of likely N-dealkylation sites (tertiary alicyclic amines) is 1. The minimum absolute atomic E-state index is 0.0297. The maximum Gasteiger partial charge on any atom is 0.408 e. The van der Waals surface area contributed by atoms with Crippen LogP contribution in [0.3, 0.4) is 0 Å². The molecule has 234 valence electrons. The van der Waals surface area contributed by atoms with Gasteiger partial charge in [0.1, 0.15) is 11.6 Å². The first kappa shape index (κ1) is 36.6. The van der Waals surface area contributed by atoms with Crippen LogP contribution < -0.4 is 5.32 Å². The molecule has 1 rings (SSSR count). The summed E-state index contributed by atoms with van der Waals surface area (Å²) in [6.45, 7) is 30.7. The highest BCUT2D eigenvalue weighted by Crippen LogP contribution is 2.41. The highest BCUT2D eigenvalue weighted by Gasteiger charge is 2.51. The molecule has 0 unspecified atom stereocenters. The zero-order chi connectivity index (χ0) is 31.6. The van der Waals surface area contributed by atoms with Crippen molar-refractivity contribution in [2.75, 3.05) is 13.7 Å². The zero-order valence-electron chi connectivity index (χ0n) is 28.1. The molecule has 1 saturated heterocycles. The molecule has 1 aliphatic rings. The predicted octanol–water partition coefficient (Wildman–Crippen LogP) is 6.09. The first-order chi connectivity index (χ1) is 17.7. The van der Waals surface area contributed by atoms with Crippen LogP contribution >= 0.6 is 0 Å². The van der Waals surface area contributed by atoms with Crippen LogP contribution in [-0.2, 0) is 27.9 Å². The Hall–Kier alpha value is -1.44. The van der Waals surface area contributed by atoms with Crippen LogP contribution in [0.1, 0.15) is 82.6 Å². The number of nitrogens with one attached hydrogen (secondary N) is 1. The number of hydrogen-bond donors (Lipinski definition) is 1. The van der Waals surface area contributed by atoms with E-state index in [2.05, 4.69) is 73.0 Å². The molecule has 0 saturated carbocycles. The highest BCUT2D eigenvalue weighted by atomic mass is 28.4. The molecule has 0 aromatic heterocycles. The van der Waals surface area contributed by atoms with E-state index in [1.807, 2.05) is 13.8 Å². The molecule has 2 amide bonds. The summed E-state index contributed by atoms with van der Waals surface area (Å²) in [5.74, 6) is -1.03. The Morgan fingerprint density at radius 2 is 1.38 bits per heavy atom. The molecule has 0 aliphatic carbocycles. The zero-order valence-corrected chi connectivity index (χ0v) is 30.1. The summed E-state index contributed by atoms with van der Waals surface area (Å²) in [6, 6.07) is -1.46. The van der Waals surface area contributed by atoms with Crippen LogP contribution in [-0.4, -0.2) is 83.1 Å². The summed E-state index contributed by atoms with van der Waals surface area (Å²) < 4.78 is 24.1. The maximum atomic E-state index is 14.2. The van der Waals surface area contributed by atoms with Gasteiger partial charge in [-0.2, -0.15) is 0 Å². The largest absolute Gasteiger partial charge is 0.467 e. The van der Waals surface area contributed by atoms with Gasteiger partial charge in [-0.15, -0.1) is 0 Å². The van der Waals surface area contributed by atoms with Crippen molar-refractivity contribution in [3.63, 3.8) is 0 Å². The van der Waals surface area contributed by atoms with E-state index in [1.165, 1.54) is 7.11 Å². The van der Waals surface area contributed by atoms with Gasteiger partial charge in [-0.25, -0.2) is 9.59 Å². The summed E-state index contributed by atoms with van der Waals surface area (Å²) in [7, 11) is -3.29. The van der Waals surface area contributed by atoms with Crippen molar-refractivity contribution >= 4 is 34.6 Å². The molecule has 1 aliphatic heterocycles. The van der Waals surface area contributed by atoms with Gasteiger partial charge in [0.15, 0.2) is 22.7 Å². The van der Waals surface area contributed by atoms with Crippen molar-refractivity contribution in [2.24, 2.45) is 5.92 Å². The monoisotopic (exact) mass is 602 g/mol. The highest BCUT2D eigenvalue weighted by molar-refractivity contribution is 6.74. The van der Waals surface area contributed by atoms with Gasteiger partial charge in [0.2, 0.25) is 5.91 Å². The molecule has 1 heterocycles. The molecule has 9 nitrogen and oxygen atoms in total. The van der Waals surface area contributed by atoms with E-state index >= 15 is 0 Å². The van der Waals surface area contributed by atoms with Crippen LogP contribution in [0.15, 0.2) is 0 Å². The Bertz CT molecular complexity index is 902. The third-order valence-corrected chi connectivity index (χ3v) is 17.5. The molecule has 0 aromatic carbocycles. The first-order valence-corrected chi connectivity index (χ1v) is 20.3. The first-order valence-electron chi connectivity index (χ1n) is 14.5. The van der Waals surface area contributed by atoms with Gasteiger partial charge in [-0.3, -0.25) is 4.79 Å². The summed E-state index contributed by atoms with van der Waals surface area (Å²) in [6.07, 6.45) is -1.48. The SMILES string of the molecule is COC(=O)[C@@H](O[Si](C)(C)C(C)(C)C)[C@@H]1C[C@@H](O[Si](C)(C)C(C)(C)C)CN1C(=O)[C@@H](NC(=O)OC(C)(C)C)C(C)C. The van der Waals surface area contributed by atoms with Crippen LogP contribution in [0, 0.1) is 5.92 Å². The van der Waals surface area contributed by atoms with Crippen molar-refractivity contribution in [1.29, 1.82) is 0 Å². The molecule has 1 N–H and O–H groups in total. The number of rotatable bonds is 9. The Balaban J connectivity index is 3.54. The number of amides is 2. The number of ether oxygens (including phenoxy) is 2. The van der Waals surface area contributed by atoms with Gasteiger partial charge >= 0.3 is 12.1 Å². The smallest absolute Gasteiger partial charge is 0.408 e. The second kappa shape index (κ2) is 12.8. The molecule has 0 bridgehead atoms. The molecule has 4 atom stereocenters. The van der Waals surface area contributed by atoms with Crippen molar-refractivity contribution < 1.29 is 32.7 Å². The van der Waals surface area contributed by atoms with Gasteiger partial charge < -0.3 is 28.5 Å². The fourth-order valence-corrected chi connectivity index (χ4v) is 6.67. The van der Waals surface area contributed by atoms with Gasteiger partial charge in [-0.1, -0.05) is 55.4 Å². The minimum atomic E-state index is -2.44. The van der Waals surface area contributed by atoms with Crippen molar-refractivity contribution in [1.82, 2.24) is 10.2 Å². The molecule has 0 aromatic rings.